The molecule has 0 N–H and O–H groups in total. The topological polar surface area (TPSA) is 71.3 Å². The second kappa shape index (κ2) is 5.74. The van der Waals surface area contributed by atoms with Crippen molar-refractivity contribution >= 4 is 12.3 Å². The smallest absolute Gasteiger partial charge is 0.276 e. The van der Waals surface area contributed by atoms with Crippen LogP contribution in [0.4, 0.5) is 0 Å². The van der Waals surface area contributed by atoms with Gasteiger partial charge in [-0.3, -0.25) is 9.59 Å². The number of nitrogens with zero attached hydrogens (tertiary/aromatic N) is 5. The molecule has 3 rings (SSSR count). The maximum Gasteiger partial charge on any atom is 0.276 e. The molecule has 1 aromatic heterocycles. The predicted molar refractivity (Wildman–Crippen MR) is 74.9 cm³/mol. The lowest BCUT2D eigenvalue weighted by molar-refractivity contribution is -0.119. The van der Waals surface area contributed by atoms with Crippen LogP contribution in [0.5, 0.6) is 0 Å². The lowest BCUT2D eigenvalue weighted by Gasteiger charge is -2.31. The average molecular weight is 285 g/mol. The van der Waals surface area contributed by atoms with Crippen molar-refractivity contribution in [1.29, 1.82) is 0 Å². The van der Waals surface area contributed by atoms with Crippen molar-refractivity contribution in [2.75, 3.05) is 26.2 Å². The van der Waals surface area contributed by atoms with E-state index >= 15 is 0 Å². The van der Waals surface area contributed by atoms with E-state index in [-0.39, 0.29) is 5.91 Å². The molecule has 1 fully saturated rings. The molecule has 21 heavy (non-hydrogen) atoms. The summed E-state index contributed by atoms with van der Waals surface area (Å²) in [6, 6.07) is 9.43. The fraction of sp³-hybridized carbons (Fsp3) is 0.286. The summed E-state index contributed by atoms with van der Waals surface area (Å²) in [5, 5.41) is 8.35. The van der Waals surface area contributed by atoms with Gasteiger partial charge < -0.3 is 9.80 Å². The van der Waals surface area contributed by atoms with Gasteiger partial charge >= 0.3 is 0 Å². The maximum absolute atomic E-state index is 12.3. The summed E-state index contributed by atoms with van der Waals surface area (Å²) in [6.45, 7) is 2.16. The average Bonchev–Trinajstić information content (AvgIpc) is 3.05. The molecule has 2 amide bonds. The maximum atomic E-state index is 12.3. The summed E-state index contributed by atoms with van der Waals surface area (Å²) in [6.07, 6.45) is 2.29. The van der Waals surface area contributed by atoms with Gasteiger partial charge in [0.25, 0.3) is 5.91 Å². The van der Waals surface area contributed by atoms with Crippen molar-refractivity contribution in [3.8, 4) is 5.69 Å². The molecule has 1 aliphatic rings. The number of rotatable bonds is 3. The first-order valence-corrected chi connectivity index (χ1v) is 6.74. The molecule has 0 saturated carbocycles. The highest BCUT2D eigenvalue weighted by atomic mass is 16.2. The Morgan fingerprint density at radius 1 is 1.10 bits per heavy atom. The van der Waals surface area contributed by atoms with Gasteiger partial charge in [0.05, 0.1) is 11.9 Å². The lowest BCUT2D eigenvalue weighted by atomic mass is 10.3. The van der Waals surface area contributed by atoms with E-state index in [1.807, 2.05) is 30.3 Å². The highest BCUT2D eigenvalue weighted by Crippen LogP contribution is 2.08. The van der Waals surface area contributed by atoms with E-state index < -0.39 is 0 Å². The molecule has 7 heteroatoms. The number of piperazine rings is 1. The molecular weight excluding hydrogens is 270 g/mol. The van der Waals surface area contributed by atoms with E-state index in [9.17, 15) is 9.59 Å². The monoisotopic (exact) mass is 285 g/mol. The normalized spacial score (nSPS) is 15.0. The molecule has 108 valence electrons. The van der Waals surface area contributed by atoms with Crippen LogP contribution in [0.25, 0.3) is 5.69 Å². The summed E-state index contributed by atoms with van der Waals surface area (Å²) in [5.74, 6) is -0.150. The van der Waals surface area contributed by atoms with Gasteiger partial charge in [-0.25, -0.2) is 0 Å². The molecule has 2 heterocycles. The van der Waals surface area contributed by atoms with Crippen molar-refractivity contribution in [2.24, 2.45) is 0 Å². The van der Waals surface area contributed by atoms with Crippen molar-refractivity contribution < 1.29 is 9.59 Å². The Labute approximate surface area is 121 Å². The Balaban J connectivity index is 1.72. The highest BCUT2D eigenvalue weighted by molar-refractivity contribution is 5.92. The van der Waals surface area contributed by atoms with Crippen molar-refractivity contribution in [2.45, 2.75) is 0 Å². The van der Waals surface area contributed by atoms with Crippen LogP contribution in [-0.2, 0) is 4.79 Å². The number of carbonyl (C=O) groups is 2. The lowest BCUT2D eigenvalue weighted by Crippen LogP contribution is -2.48. The molecule has 0 spiro atoms. The van der Waals surface area contributed by atoms with Gasteiger partial charge in [-0.15, -0.1) is 5.10 Å². The van der Waals surface area contributed by atoms with Crippen LogP contribution in [0.3, 0.4) is 0 Å². The zero-order valence-electron chi connectivity index (χ0n) is 11.4. The van der Waals surface area contributed by atoms with Crippen LogP contribution >= 0.6 is 0 Å². The number of hydrogen-bond acceptors (Lipinski definition) is 4. The largest absolute Gasteiger partial charge is 0.342 e. The number of amides is 2. The third-order valence-electron chi connectivity index (χ3n) is 3.45. The summed E-state index contributed by atoms with van der Waals surface area (Å²) in [4.78, 5) is 27.8. The number of hydrogen-bond donors (Lipinski definition) is 0. The first kappa shape index (κ1) is 13.3. The van der Waals surface area contributed by atoms with Gasteiger partial charge in [0.1, 0.15) is 0 Å². The zero-order valence-corrected chi connectivity index (χ0v) is 11.4. The van der Waals surface area contributed by atoms with Crippen LogP contribution in [0.15, 0.2) is 36.5 Å². The minimum atomic E-state index is -0.150. The second-order valence-corrected chi connectivity index (χ2v) is 4.79. The van der Waals surface area contributed by atoms with Crippen LogP contribution in [0.2, 0.25) is 0 Å². The number of carbonyl (C=O) groups excluding carboxylic acids is 2. The van der Waals surface area contributed by atoms with E-state index in [1.54, 1.807) is 9.80 Å². The van der Waals surface area contributed by atoms with Crippen molar-refractivity contribution in [1.82, 2.24) is 24.8 Å². The number of aromatic nitrogens is 3. The van der Waals surface area contributed by atoms with E-state index in [0.717, 1.165) is 12.1 Å². The predicted octanol–water partition coefficient (Wildman–Crippen LogP) is 0.181. The third kappa shape index (κ3) is 2.76. The second-order valence-electron chi connectivity index (χ2n) is 4.79. The molecule has 1 aliphatic heterocycles. The highest BCUT2D eigenvalue weighted by Gasteiger charge is 2.23. The van der Waals surface area contributed by atoms with Gasteiger partial charge in [-0.05, 0) is 12.1 Å². The summed E-state index contributed by atoms with van der Waals surface area (Å²) < 4.78 is 0. The van der Waals surface area contributed by atoms with Gasteiger partial charge in [-0.2, -0.15) is 9.90 Å². The van der Waals surface area contributed by atoms with E-state index in [1.165, 1.54) is 11.0 Å². The van der Waals surface area contributed by atoms with E-state index in [4.69, 9.17) is 0 Å². The molecule has 0 bridgehead atoms. The Kier molecular flexibility index (Phi) is 3.63. The molecular formula is C14H15N5O2. The summed E-state index contributed by atoms with van der Waals surface area (Å²) in [7, 11) is 0. The molecule has 1 saturated heterocycles. The Bertz CT molecular complexity index is 632. The Hall–Kier alpha value is -2.70. The Morgan fingerprint density at radius 2 is 1.81 bits per heavy atom. The molecule has 7 nitrogen and oxygen atoms in total. The summed E-state index contributed by atoms with van der Waals surface area (Å²) in [5.41, 5.74) is 1.13. The first-order valence-electron chi connectivity index (χ1n) is 6.74. The van der Waals surface area contributed by atoms with Crippen molar-refractivity contribution in [3.63, 3.8) is 0 Å². The molecule has 0 radical (unpaired) electrons. The number of benzene rings is 1. The van der Waals surface area contributed by atoms with Gasteiger partial charge in [0.15, 0.2) is 5.69 Å². The third-order valence-corrected chi connectivity index (χ3v) is 3.45. The zero-order chi connectivity index (χ0) is 14.7. The van der Waals surface area contributed by atoms with E-state index in [0.29, 0.717) is 31.9 Å². The van der Waals surface area contributed by atoms with E-state index in [2.05, 4.69) is 10.2 Å². The van der Waals surface area contributed by atoms with Crippen LogP contribution in [-0.4, -0.2) is 63.3 Å². The number of para-hydroxylation sites is 1. The standard InChI is InChI=1S/C14H15N5O2/c20-11-17-6-8-18(9-7-17)14(21)13-10-15-19(16-13)12-4-2-1-3-5-12/h1-5,10-11H,6-9H2. The van der Waals surface area contributed by atoms with Gasteiger partial charge in [0, 0.05) is 26.2 Å². The fourth-order valence-corrected chi connectivity index (χ4v) is 2.24. The van der Waals surface area contributed by atoms with Crippen LogP contribution in [0, 0.1) is 0 Å². The Morgan fingerprint density at radius 3 is 2.48 bits per heavy atom. The van der Waals surface area contributed by atoms with Crippen LogP contribution in [0.1, 0.15) is 10.5 Å². The van der Waals surface area contributed by atoms with Crippen LogP contribution < -0.4 is 0 Å². The fourth-order valence-electron chi connectivity index (χ4n) is 2.24. The molecule has 0 aliphatic carbocycles. The summed E-state index contributed by atoms with van der Waals surface area (Å²) >= 11 is 0. The van der Waals surface area contributed by atoms with Gasteiger partial charge in [0.2, 0.25) is 6.41 Å². The quantitative estimate of drug-likeness (QED) is 0.754. The van der Waals surface area contributed by atoms with Crippen molar-refractivity contribution in [3.05, 3.63) is 42.2 Å². The molecule has 0 atom stereocenters. The molecule has 0 unspecified atom stereocenters. The minimum Gasteiger partial charge on any atom is -0.342 e. The first-order chi connectivity index (χ1) is 10.3. The minimum absolute atomic E-state index is 0.150. The molecule has 1 aromatic carbocycles. The molecule has 2 aromatic rings. The van der Waals surface area contributed by atoms with Gasteiger partial charge in [-0.1, -0.05) is 18.2 Å². The SMILES string of the molecule is O=CN1CCN(C(=O)c2cnn(-c3ccccc3)n2)CC1.